The largest absolute Gasteiger partial charge is 0.497 e. The molecular formula is C16H24N2O3. The van der Waals surface area contributed by atoms with Crippen LogP contribution in [0.1, 0.15) is 25.7 Å². The van der Waals surface area contributed by atoms with Gasteiger partial charge in [-0.1, -0.05) is 12.8 Å². The normalized spacial score (nSPS) is 19.8. The van der Waals surface area contributed by atoms with Crippen molar-refractivity contribution in [3.63, 3.8) is 0 Å². The van der Waals surface area contributed by atoms with Gasteiger partial charge in [-0.2, -0.15) is 0 Å². The minimum atomic E-state index is -0.0412. The summed E-state index contributed by atoms with van der Waals surface area (Å²) in [5, 5.41) is 12.3. The molecule has 1 heterocycles. The lowest BCUT2D eigenvalue weighted by atomic mass is 10.1. The van der Waals surface area contributed by atoms with Crippen molar-refractivity contribution in [1.29, 1.82) is 0 Å². The average molecular weight is 292 g/mol. The SMILES string of the molecule is COc1ccc(NC(=O)CN2CCCCCC2CO)cc1. The summed E-state index contributed by atoms with van der Waals surface area (Å²) < 4.78 is 5.09. The molecule has 5 nitrogen and oxygen atoms in total. The molecule has 1 aliphatic rings. The summed E-state index contributed by atoms with van der Waals surface area (Å²) in [6.45, 7) is 1.33. The number of nitrogens with zero attached hydrogens (tertiary/aromatic N) is 1. The number of aliphatic hydroxyl groups is 1. The molecule has 5 heteroatoms. The highest BCUT2D eigenvalue weighted by molar-refractivity contribution is 5.92. The highest BCUT2D eigenvalue weighted by atomic mass is 16.5. The first-order chi connectivity index (χ1) is 10.2. The Labute approximate surface area is 125 Å². The summed E-state index contributed by atoms with van der Waals surface area (Å²) in [6, 6.07) is 7.38. The smallest absolute Gasteiger partial charge is 0.238 e. The molecule has 2 N–H and O–H groups in total. The highest BCUT2D eigenvalue weighted by Crippen LogP contribution is 2.17. The third-order valence-corrected chi connectivity index (χ3v) is 3.93. The van der Waals surface area contributed by atoms with Gasteiger partial charge in [-0.3, -0.25) is 9.69 Å². The van der Waals surface area contributed by atoms with Crippen molar-refractivity contribution in [2.24, 2.45) is 0 Å². The van der Waals surface area contributed by atoms with Gasteiger partial charge >= 0.3 is 0 Å². The molecule has 1 saturated heterocycles. The second-order valence-electron chi connectivity index (χ2n) is 5.43. The van der Waals surface area contributed by atoms with Crippen LogP contribution in [0.3, 0.4) is 0 Å². The van der Waals surface area contributed by atoms with E-state index in [0.29, 0.717) is 6.54 Å². The fourth-order valence-corrected chi connectivity index (χ4v) is 2.71. The molecule has 0 spiro atoms. The Hall–Kier alpha value is -1.59. The van der Waals surface area contributed by atoms with Gasteiger partial charge in [0.25, 0.3) is 0 Å². The number of carbonyl (C=O) groups is 1. The minimum Gasteiger partial charge on any atom is -0.497 e. The molecule has 1 unspecified atom stereocenters. The van der Waals surface area contributed by atoms with E-state index in [4.69, 9.17) is 4.74 Å². The van der Waals surface area contributed by atoms with Gasteiger partial charge in [0.15, 0.2) is 0 Å². The van der Waals surface area contributed by atoms with Gasteiger partial charge in [0.1, 0.15) is 5.75 Å². The fraction of sp³-hybridized carbons (Fsp3) is 0.562. The molecule has 0 aliphatic carbocycles. The molecule has 116 valence electrons. The lowest BCUT2D eigenvalue weighted by Crippen LogP contribution is -2.42. The van der Waals surface area contributed by atoms with Crippen molar-refractivity contribution in [1.82, 2.24) is 4.90 Å². The summed E-state index contributed by atoms with van der Waals surface area (Å²) in [4.78, 5) is 14.2. The summed E-state index contributed by atoms with van der Waals surface area (Å²) in [7, 11) is 1.61. The van der Waals surface area contributed by atoms with Crippen molar-refractivity contribution in [2.45, 2.75) is 31.7 Å². The average Bonchev–Trinajstić information content (AvgIpc) is 2.73. The number of ether oxygens (including phenoxy) is 1. The number of amides is 1. The molecule has 1 aliphatic heterocycles. The van der Waals surface area contributed by atoms with Gasteiger partial charge < -0.3 is 15.2 Å². The van der Waals surface area contributed by atoms with Crippen molar-refractivity contribution in [3.8, 4) is 5.75 Å². The third kappa shape index (κ3) is 4.72. The zero-order valence-corrected chi connectivity index (χ0v) is 12.5. The van der Waals surface area contributed by atoms with Crippen LogP contribution in [-0.2, 0) is 4.79 Å². The van der Waals surface area contributed by atoms with E-state index in [1.807, 2.05) is 24.3 Å². The van der Waals surface area contributed by atoms with Crippen LogP contribution in [-0.4, -0.2) is 48.8 Å². The number of methoxy groups -OCH3 is 1. The van der Waals surface area contributed by atoms with Crippen LogP contribution >= 0.6 is 0 Å². The highest BCUT2D eigenvalue weighted by Gasteiger charge is 2.22. The van der Waals surface area contributed by atoms with Crippen LogP contribution in [0.25, 0.3) is 0 Å². The lowest BCUT2D eigenvalue weighted by molar-refractivity contribution is -0.118. The molecule has 0 radical (unpaired) electrons. The number of nitrogens with one attached hydrogen (secondary N) is 1. The molecule has 1 amide bonds. The number of hydrogen-bond donors (Lipinski definition) is 2. The van der Waals surface area contributed by atoms with Crippen molar-refractivity contribution in [3.05, 3.63) is 24.3 Å². The molecule has 1 aromatic rings. The van der Waals surface area contributed by atoms with Crippen molar-refractivity contribution in [2.75, 3.05) is 32.1 Å². The predicted octanol–water partition coefficient (Wildman–Crippen LogP) is 1.87. The lowest BCUT2D eigenvalue weighted by Gasteiger charge is -2.27. The zero-order valence-electron chi connectivity index (χ0n) is 12.5. The van der Waals surface area contributed by atoms with Crippen LogP contribution in [0.4, 0.5) is 5.69 Å². The Morgan fingerprint density at radius 1 is 1.33 bits per heavy atom. The maximum absolute atomic E-state index is 12.1. The molecule has 0 bridgehead atoms. The zero-order chi connectivity index (χ0) is 15.1. The number of benzene rings is 1. The number of likely N-dealkylation sites (tertiary alicyclic amines) is 1. The quantitative estimate of drug-likeness (QED) is 0.870. The number of aliphatic hydroxyl groups excluding tert-OH is 1. The molecule has 2 rings (SSSR count). The first-order valence-electron chi connectivity index (χ1n) is 7.51. The van der Waals surface area contributed by atoms with Crippen molar-refractivity contribution < 1.29 is 14.6 Å². The fourth-order valence-electron chi connectivity index (χ4n) is 2.71. The van der Waals surface area contributed by atoms with E-state index in [0.717, 1.165) is 37.2 Å². The molecule has 1 fully saturated rings. The van der Waals surface area contributed by atoms with Crippen LogP contribution in [0.5, 0.6) is 5.75 Å². The van der Waals surface area contributed by atoms with E-state index < -0.39 is 0 Å². The summed E-state index contributed by atoms with van der Waals surface area (Å²) in [5.74, 6) is 0.723. The van der Waals surface area contributed by atoms with E-state index in [1.54, 1.807) is 7.11 Å². The summed E-state index contributed by atoms with van der Waals surface area (Å²) in [6.07, 6.45) is 4.35. The summed E-state index contributed by atoms with van der Waals surface area (Å²) >= 11 is 0. The van der Waals surface area contributed by atoms with Gasteiger partial charge in [-0.25, -0.2) is 0 Å². The monoisotopic (exact) mass is 292 g/mol. The van der Waals surface area contributed by atoms with E-state index in [9.17, 15) is 9.90 Å². The van der Waals surface area contributed by atoms with Crippen LogP contribution < -0.4 is 10.1 Å². The standard InChI is InChI=1S/C16H24N2O3/c1-21-15-8-6-13(7-9-15)17-16(20)11-18-10-4-2-3-5-14(18)12-19/h6-9,14,19H,2-5,10-12H2,1H3,(H,17,20). The van der Waals surface area contributed by atoms with Gasteiger partial charge in [0.05, 0.1) is 20.3 Å². The maximum atomic E-state index is 12.1. The first kappa shape index (κ1) is 15.8. The second kappa shape index (κ2) is 8.00. The van der Waals surface area contributed by atoms with E-state index in [-0.39, 0.29) is 18.6 Å². The van der Waals surface area contributed by atoms with Crippen LogP contribution in [0, 0.1) is 0 Å². The third-order valence-electron chi connectivity index (χ3n) is 3.93. The molecule has 0 saturated carbocycles. The second-order valence-corrected chi connectivity index (χ2v) is 5.43. The Balaban J connectivity index is 1.89. The number of rotatable bonds is 5. The number of hydrogen-bond acceptors (Lipinski definition) is 4. The van der Waals surface area contributed by atoms with E-state index in [1.165, 1.54) is 6.42 Å². The van der Waals surface area contributed by atoms with E-state index in [2.05, 4.69) is 10.2 Å². The van der Waals surface area contributed by atoms with Gasteiger partial charge in [-0.15, -0.1) is 0 Å². The molecule has 1 atom stereocenters. The first-order valence-corrected chi connectivity index (χ1v) is 7.51. The molecule has 0 aromatic heterocycles. The Morgan fingerprint density at radius 2 is 2.10 bits per heavy atom. The van der Waals surface area contributed by atoms with E-state index >= 15 is 0 Å². The Bertz CT molecular complexity index is 447. The van der Waals surface area contributed by atoms with Gasteiger partial charge in [-0.05, 0) is 43.7 Å². The molecule has 1 aromatic carbocycles. The van der Waals surface area contributed by atoms with Crippen molar-refractivity contribution >= 4 is 11.6 Å². The minimum absolute atomic E-state index is 0.0412. The maximum Gasteiger partial charge on any atom is 0.238 e. The molecule has 21 heavy (non-hydrogen) atoms. The van der Waals surface area contributed by atoms with Gasteiger partial charge in [0, 0.05) is 11.7 Å². The van der Waals surface area contributed by atoms with Gasteiger partial charge in [0.2, 0.25) is 5.91 Å². The number of anilines is 1. The summed E-state index contributed by atoms with van der Waals surface area (Å²) in [5.41, 5.74) is 0.760. The van der Waals surface area contributed by atoms with Crippen LogP contribution in [0.2, 0.25) is 0 Å². The Morgan fingerprint density at radius 3 is 2.76 bits per heavy atom. The Kier molecular flexibility index (Phi) is 6.02. The van der Waals surface area contributed by atoms with Crippen LogP contribution in [0.15, 0.2) is 24.3 Å². The molecular weight excluding hydrogens is 268 g/mol. The predicted molar refractivity (Wildman–Crippen MR) is 82.5 cm³/mol. The topological polar surface area (TPSA) is 61.8 Å². The number of carbonyl (C=O) groups excluding carboxylic acids is 1.